The zero-order chi connectivity index (χ0) is 20.1. The van der Waals surface area contributed by atoms with E-state index >= 15 is 0 Å². The van der Waals surface area contributed by atoms with Crippen LogP contribution in [0.4, 0.5) is 29.3 Å². The van der Waals surface area contributed by atoms with Crippen LogP contribution in [-0.2, 0) is 6.18 Å². The van der Waals surface area contributed by atoms with Crippen LogP contribution in [0.1, 0.15) is 5.56 Å². The molecule has 2 aromatic carbocycles. The van der Waals surface area contributed by atoms with Gasteiger partial charge in [-0.25, -0.2) is 4.79 Å². The molecule has 0 aliphatic carbocycles. The highest BCUT2D eigenvalue weighted by Crippen LogP contribution is 2.31. The first-order chi connectivity index (χ1) is 13.3. The number of amides is 2. The first kappa shape index (κ1) is 19.5. The molecule has 1 aromatic heterocycles. The number of hydrogen-bond donors (Lipinski definition) is 2. The summed E-state index contributed by atoms with van der Waals surface area (Å²) in [5.41, 5.74) is -0.588. The Labute approximate surface area is 163 Å². The minimum Gasteiger partial charge on any atom is -0.457 e. The molecule has 0 aliphatic rings. The van der Waals surface area contributed by atoms with Gasteiger partial charge in [0.2, 0.25) is 0 Å². The van der Waals surface area contributed by atoms with Gasteiger partial charge in [0.25, 0.3) is 0 Å². The van der Waals surface area contributed by atoms with Gasteiger partial charge in [-0.05, 0) is 42.5 Å². The summed E-state index contributed by atoms with van der Waals surface area (Å²) < 4.78 is 43.8. The Morgan fingerprint density at radius 1 is 0.964 bits per heavy atom. The quantitative estimate of drug-likeness (QED) is 0.542. The van der Waals surface area contributed by atoms with E-state index in [-0.39, 0.29) is 16.4 Å². The van der Waals surface area contributed by atoms with E-state index in [9.17, 15) is 18.0 Å². The fourth-order valence-electron chi connectivity index (χ4n) is 2.26. The van der Waals surface area contributed by atoms with E-state index in [0.717, 1.165) is 12.1 Å². The highest BCUT2D eigenvalue weighted by molar-refractivity contribution is 6.34. The summed E-state index contributed by atoms with van der Waals surface area (Å²) in [7, 11) is 0. The van der Waals surface area contributed by atoms with Crippen LogP contribution >= 0.6 is 11.6 Å². The molecular weight excluding hydrogens is 395 g/mol. The smallest absolute Gasteiger partial charge is 0.416 e. The fraction of sp³-hybridized carbons (Fsp3) is 0.0526. The number of alkyl halides is 3. The Morgan fingerprint density at radius 3 is 2.39 bits per heavy atom. The number of hydrogen-bond acceptors (Lipinski definition) is 3. The van der Waals surface area contributed by atoms with Gasteiger partial charge in [0.15, 0.2) is 0 Å². The van der Waals surface area contributed by atoms with Gasteiger partial charge in [-0.1, -0.05) is 17.7 Å². The van der Waals surface area contributed by atoms with Gasteiger partial charge in [-0.3, -0.25) is 4.98 Å². The standard InChI is InChI=1S/C19H13ClF3N3O2/c20-16-11-15(28-14-6-8-24-9-7-14)4-5-17(16)26-18(27)25-13-3-1-2-12(10-13)19(21,22)23/h1-11H,(H2,25,26,27). The van der Waals surface area contributed by atoms with Crippen molar-refractivity contribution in [1.29, 1.82) is 0 Å². The van der Waals surface area contributed by atoms with Gasteiger partial charge in [-0.15, -0.1) is 0 Å². The lowest BCUT2D eigenvalue weighted by atomic mass is 10.2. The molecule has 5 nitrogen and oxygen atoms in total. The lowest BCUT2D eigenvalue weighted by Crippen LogP contribution is -2.20. The molecule has 0 unspecified atom stereocenters. The van der Waals surface area contributed by atoms with Crippen LogP contribution in [0.25, 0.3) is 0 Å². The van der Waals surface area contributed by atoms with Crippen molar-refractivity contribution in [2.75, 3.05) is 10.6 Å². The summed E-state index contributed by atoms with van der Waals surface area (Å²) >= 11 is 6.14. The van der Waals surface area contributed by atoms with E-state index in [1.54, 1.807) is 30.6 Å². The number of benzene rings is 2. The lowest BCUT2D eigenvalue weighted by molar-refractivity contribution is -0.137. The summed E-state index contributed by atoms with van der Waals surface area (Å²) in [6.45, 7) is 0. The molecule has 0 saturated heterocycles. The summed E-state index contributed by atoms with van der Waals surface area (Å²) in [5.74, 6) is 1.01. The average molecular weight is 408 g/mol. The van der Waals surface area contributed by atoms with Crippen LogP contribution in [0.3, 0.4) is 0 Å². The summed E-state index contributed by atoms with van der Waals surface area (Å²) in [6.07, 6.45) is -1.35. The van der Waals surface area contributed by atoms with E-state index in [2.05, 4.69) is 15.6 Å². The number of nitrogens with one attached hydrogen (secondary N) is 2. The van der Waals surface area contributed by atoms with Crippen molar-refractivity contribution in [3.05, 3.63) is 77.6 Å². The molecule has 1 heterocycles. The average Bonchev–Trinajstić information content (AvgIpc) is 2.64. The van der Waals surface area contributed by atoms with Gasteiger partial charge in [0, 0.05) is 24.1 Å². The molecular formula is C19H13ClF3N3O2. The molecule has 3 rings (SSSR count). The summed E-state index contributed by atoms with van der Waals surface area (Å²) in [5, 5.41) is 5.02. The molecule has 3 aromatic rings. The van der Waals surface area contributed by atoms with E-state index in [0.29, 0.717) is 11.5 Å². The third-order valence-corrected chi connectivity index (χ3v) is 3.83. The maximum Gasteiger partial charge on any atom is 0.416 e. The second kappa shape index (κ2) is 8.18. The number of carbonyl (C=O) groups is 1. The first-order valence-electron chi connectivity index (χ1n) is 7.94. The van der Waals surface area contributed by atoms with Crippen molar-refractivity contribution >= 4 is 29.0 Å². The van der Waals surface area contributed by atoms with Crippen molar-refractivity contribution in [2.24, 2.45) is 0 Å². The van der Waals surface area contributed by atoms with E-state index in [1.165, 1.54) is 24.3 Å². The number of nitrogens with zero attached hydrogens (tertiary/aromatic N) is 1. The third-order valence-electron chi connectivity index (χ3n) is 3.52. The van der Waals surface area contributed by atoms with Crippen LogP contribution < -0.4 is 15.4 Å². The molecule has 144 valence electrons. The topological polar surface area (TPSA) is 63.2 Å². The second-order valence-electron chi connectivity index (χ2n) is 5.58. The monoisotopic (exact) mass is 407 g/mol. The number of pyridine rings is 1. The first-order valence-corrected chi connectivity index (χ1v) is 8.32. The summed E-state index contributed by atoms with van der Waals surface area (Å²) in [6, 6.07) is 11.5. The van der Waals surface area contributed by atoms with Gasteiger partial charge in [0.05, 0.1) is 16.3 Å². The molecule has 2 N–H and O–H groups in total. The molecule has 0 atom stereocenters. The third kappa shape index (κ3) is 5.14. The Bertz CT molecular complexity index is 982. The Hall–Kier alpha value is -3.26. The minimum absolute atomic E-state index is 0.00101. The number of halogens is 4. The van der Waals surface area contributed by atoms with Crippen LogP contribution in [0.5, 0.6) is 11.5 Å². The molecule has 0 bridgehead atoms. The van der Waals surface area contributed by atoms with E-state index in [1.807, 2.05) is 0 Å². The summed E-state index contributed by atoms with van der Waals surface area (Å²) in [4.78, 5) is 16.0. The van der Waals surface area contributed by atoms with Crippen LogP contribution in [-0.4, -0.2) is 11.0 Å². The predicted molar refractivity (Wildman–Crippen MR) is 99.8 cm³/mol. The number of rotatable bonds is 4. The highest BCUT2D eigenvalue weighted by atomic mass is 35.5. The SMILES string of the molecule is O=C(Nc1cccc(C(F)(F)F)c1)Nc1ccc(Oc2ccncc2)cc1Cl. The van der Waals surface area contributed by atoms with Crippen LogP contribution in [0.15, 0.2) is 67.0 Å². The highest BCUT2D eigenvalue weighted by Gasteiger charge is 2.30. The number of ether oxygens (including phenoxy) is 1. The molecule has 9 heteroatoms. The molecule has 0 radical (unpaired) electrons. The fourth-order valence-corrected chi connectivity index (χ4v) is 2.48. The molecule has 2 amide bonds. The zero-order valence-corrected chi connectivity index (χ0v) is 14.9. The van der Waals surface area contributed by atoms with Gasteiger partial charge in [-0.2, -0.15) is 13.2 Å². The molecule has 28 heavy (non-hydrogen) atoms. The molecule has 0 fully saturated rings. The van der Waals surface area contributed by atoms with Gasteiger partial charge in [0.1, 0.15) is 11.5 Å². The second-order valence-corrected chi connectivity index (χ2v) is 5.99. The van der Waals surface area contributed by atoms with E-state index in [4.69, 9.17) is 16.3 Å². The number of anilines is 2. The molecule has 0 aliphatic heterocycles. The van der Waals surface area contributed by atoms with Gasteiger partial charge < -0.3 is 15.4 Å². The minimum atomic E-state index is -4.50. The Kier molecular flexibility index (Phi) is 5.70. The largest absolute Gasteiger partial charge is 0.457 e. The molecule has 0 saturated carbocycles. The zero-order valence-electron chi connectivity index (χ0n) is 14.1. The van der Waals surface area contributed by atoms with Crippen LogP contribution in [0, 0.1) is 0 Å². The van der Waals surface area contributed by atoms with Crippen molar-refractivity contribution in [2.45, 2.75) is 6.18 Å². The van der Waals surface area contributed by atoms with Crippen molar-refractivity contribution in [3.8, 4) is 11.5 Å². The van der Waals surface area contributed by atoms with Crippen LogP contribution in [0.2, 0.25) is 5.02 Å². The predicted octanol–water partition coefficient (Wildman–Crippen LogP) is 6.19. The van der Waals surface area contributed by atoms with Crippen molar-refractivity contribution in [3.63, 3.8) is 0 Å². The van der Waals surface area contributed by atoms with E-state index < -0.39 is 17.8 Å². The molecule has 0 spiro atoms. The Morgan fingerprint density at radius 2 is 1.71 bits per heavy atom. The maximum atomic E-state index is 12.7. The van der Waals surface area contributed by atoms with Crippen molar-refractivity contribution < 1.29 is 22.7 Å². The van der Waals surface area contributed by atoms with Gasteiger partial charge >= 0.3 is 12.2 Å². The lowest BCUT2D eigenvalue weighted by Gasteiger charge is -2.12. The van der Waals surface area contributed by atoms with Crippen molar-refractivity contribution in [1.82, 2.24) is 4.98 Å². The number of urea groups is 1. The number of carbonyl (C=O) groups excluding carboxylic acids is 1. The number of aromatic nitrogens is 1. The maximum absolute atomic E-state index is 12.7. The Balaban J connectivity index is 1.66. The normalized spacial score (nSPS) is 11.0.